The molecule has 0 heterocycles. The molecule has 0 rings (SSSR count). The van der Waals surface area contributed by atoms with Gasteiger partial charge >= 0.3 is 0 Å². The first kappa shape index (κ1) is 10.9. The van der Waals surface area contributed by atoms with Crippen LogP contribution in [-0.2, 0) is 9.59 Å². The molecular weight excluding hydrogens is 160 g/mol. The van der Waals surface area contributed by atoms with Crippen molar-refractivity contribution in [3.05, 3.63) is 0 Å². The Morgan fingerprint density at radius 2 is 2.17 bits per heavy atom. The van der Waals surface area contributed by atoms with Gasteiger partial charge in [-0.1, -0.05) is 0 Å². The van der Waals surface area contributed by atoms with Gasteiger partial charge in [0.05, 0.1) is 12.6 Å². The molecule has 0 aliphatic heterocycles. The highest BCUT2D eigenvalue weighted by Gasteiger charge is 2.09. The maximum absolute atomic E-state index is 10.5. The minimum atomic E-state index is -0.432. The zero-order valence-electron chi connectivity index (χ0n) is 7.04. The van der Waals surface area contributed by atoms with Crippen LogP contribution < -0.4 is 11.1 Å². The fourth-order valence-corrected chi connectivity index (χ4v) is 0.813. The second kappa shape index (κ2) is 5.54. The topological polar surface area (TPSA) is 92.4 Å². The van der Waals surface area contributed by atoms with Crippen LogP contribution in [0.15, 0.2) is 0 Å². The van der Waals surface area contributed by atoms with Crippen molar-refractivity contribution in [3.63, 3.8) is 0 Å². The van der Waals surface area contributed by atoms with Crippen molar-refractivity contribution < 1.29 is 14.7 Å². The Balaban J connectivity index is 3.67. The van der Waals surface area contributed by atoms with Crippen LogP contribution in [0, 0.1) is 0 Å². The average molecular weight is 174 g/mol. The summed E-state index contributed by atoms with van der Waals surface area (Å²) in [5.41, 5.74) is 4.89. The first-order valence-electron chi connectivity index (χ1n) is 3.72. The monoisotopic (exact) mass is 174 g/mol. The summed E-state index contributed by atoms with van der Waals surface area (Å²) >= 11 is 0. The second-order valence-electron chi connectivity index (χ2n) is 2.59. The second-order valence-corrected chi connectivity index (χ2v) is 2.59. The molecule has 0 aliphatic carbocycles. The number of hydrogen-bond acceptors (Lipinski definition) is 3. The van der Waals surface area contributed by atoms with Crippen molar-refractivity contribution in [1.29, 1.82) is 0 Å². The maximum Gasteiger partial charge on any atom is 0.217 e. The molecule has 0 spiro atoms. The summed E-state index contributed by atoms with van der Waals surface area (Å²) in [6.07, 6.45) is 0.552. The van der Waals surface area contributed by atoms with E-state index in [2.05, 4.69) is 5.32 Å². The van der Waals surface area contributed by atoms with E-state index in [-0.39, 0.29) is 25.0 Å². The van der Waals surface area contributed by atoms with Crippen molar-refractivity contribution in [3.8, 4) is 0 Å². The molecule has 12 heavy (non-hydrogen) atoms. The van der Waals surface area contributed by atoms with Gasteiger partial charge in [0.1, 0.15) is 0 Å². The number of nitrogens with two attached hydrogens (primary N) is 1. The quantitative estimate of drug-likeness (QED) is 0.486. The Hall–Kier alpha value is -1.10. The van der Waals surface area contributed by atoms with Crippen LogP contribution in [0.4, 0.5) is 0 Å². The van der Waals surface area contributed by atoms with Crippen LogP contribution >= 0.6 is 0 Å². The smallest absolute Gasteiger partial charge is 0.217 e. The van der Waals surface area contributed by atoms with E-state index in [0.717, 1.165) is 0 Å². The van der Waals surface area contributed by atoms with Crippen LogP contribution in [0.2, 0.25) is 0 Å². The molecule has 0 radical (unpaired) electrons. The molecular formula is C7H14N2O3. The van der Waals surface area contributed by atoms with Gasteiger partial charge in [-0.2, -0.15) is 0 Å². The van der Waals surface area contributed by atoms with E-state index in [1.54, 1.807) is 0 Å². The molecule has 70 valence electrons. The molecule has 4 N–H and O–H groups in total. The highest BCUT2D eigenvalue weighted by molar-refractivity contribution is 5.74. The van der Waals surface area contributed by atoms with Crippen molar-refractivity contribution >= 4 is 11.8 Å². The van der Waals surface area contributed by atoms with E-state index >= 15 is 0 Å². The number of carbonyl (C=O) groups is 2. The number of rotatable bonds is 5. The van der Waals surface area contributed by atoms with Crippen molar-refractivity contribution in [2.75, 3.05) is 6.61 Å². The first-order valence-corrected chi connectivity index (χ1v) is 3.72. The van der Waals surface area contributed by atoms with E-state index in [9.17, 15) is 9.59 Å². The van der Waals surface area contributed by atoms with Crippen LogP contribution in [0.25, 0.3) is 0 Å². The molecule has 1 atom stereocenters. The van der Waals surface area contributed by atoms with Gasteiger partial charge in [-0.3, -0.25) is 9.59 Å². The van der Waals surface area contributed by atoms with Gasteiger partial charge < -0.3 is 16.2 Å². The largest absolute Gasteiger partial charge is 0.394 e. The van der Waals surface area contributed by atoms with Crippen LogP contribution in [0.1, 0.15) is 19.8 Å². The summed E-state index contributed by atoms with van der Waals surface area (Å²) < 4.78 is 0. The highest BCUT2D eigenvalue weighted by atomic mass is 16.3. The number of aliphatic hydroxyl groups is 1. The van der Waals surface area contributed by atoms with E-state index in [4.69, 9.17) is 10.8 Å². The zero-order valence-corrected chi connectivity index (χ0v) is 7.04. The molecule has 5 heteroatoms. The van der Waals surface area contributed by atoms with Gasteiger partial charge in [-0.25, -0.2) is 0 Å². The summed E-state index contributed by atoms with van der Waals surface area (Å²) in [4.78, 5) is 20.9. The molecule has 1 unspecified atom stereocenters. The third kappa shape index (κ3) is 5.67. The highest BCUT2D eigenvalue weighted by Crippen LogP contribution is 1.95. The van der Waals surface area contributed by atoms with Crippen molar-refractivity contribution in [2.45, 2.75) is 25.8 Å². The fraction of sp³-hybridized carbons (Fsp3) is 0.714. The van der Waals surface area contributed by atoms with Gasteiger partial charge in [-0.05, 0) is 6.42 Å². The molecule has 0 fully saturated rings. The molecule has 0 saturated heterocycles. The van der Waals surface area contributed by atoms with Gasteiger partial charge in [0.15, 0.2) is 0 Å². The lowest BCUT2D eigenvalue weighted by atomic mass is 10.1. The summed E-state index contributed by atoms with van der Waals surface area (Å²) in [6, 6.07) is -0.366. The predicted octanol–water partition coefficient (Wildman–Crippen LogP) is -1.25. The number of amides is 2. The van der Waals surface area contributed by atoms with Gasteiger partial charge in [-0.15, -0.1) is 0 Å². The molecule has 0 aromatic heterocycles. The standard InChI is InChI=1S/C7H14N2O3/c1-5(11)9-6(4-10)2-3-7(8)12/h6,10H,2-4H2,1H3,(H2,8,12)(H,9,11). The number of nitrogens with one attached hydrogen (secondary N) is 1. The van der Waals surface area contributed by atoms with Crippen molar-refractivity contribution in [1.82, 2.24) is 5.32 Å². The summed E-state index contributed by atoms with van der Waals surface area (Å²) in [5.74, 6) is -0.655. The van der Waals surface area contributed by atoms with E-state index in [0.29, 0.717) is 6.42 Å². The fourth-order valence-electron chi connectivity index (χ4n) is 0.813. The number of aliphatic hydroxyl groups excluding tert-OH is 1. The van der Waals surface area contributed by atoms with Crippen LogP contribution in [-0.4, -0.2) is 29.6 Å². The minimum absolute atomic E-state index is 0.172. The lowest BCUT2D eigenvalue weighted by molar-refractivity contribution is -0.121. The number of hydrogen-bond donors (Lipinski definition) is 3. The first-order chi connectivity index (χ1) is 5.56. The summed E-state index contributed by atoms with van der Waals surface area (Å²) in [5, 5.41) is 11.2. The van der Waals surface area contributed by atoms with Crippen LogP contribution in [0.5, 0.6) is 0 Å². The number of primary amides is 1. The van der Waals surface area contributed by atoms with Crippen molar-refractivity contribution in [2.24, 2.45) is 5.73 Å². The van der Waals surface area contributed by atoms with Gasteiger partial charge in [0, 0.05) is 13.3 Å². The normalized spacial score (nSPS) is 12.2. The van der Waals surface area contributed by atoms with Gasteiger partial charge in [0.25, 0.3) is 0 Å². The van der Waals surface area contributed by atoms with Crippen LogP contribution in [0.3, 0.4) is 0 Å². The summed E-state index contributed by atoms with van der Waals surface area (Å²) in [6.45, 7) is 1.18. The molecule has 2 amide bonds. The third-order valence-corrected chi connectivity index (χ3v) is 1.37. The Morgan fingerprint density at radius 1 is 1.58 bits per heavy atom. The maximum atomic E-state index is 10.5. The molecule has 0 bridgehead atoms. The lowest BCUT2D eigenvalue weighted by Crippen LogP contribution is -2.36. The Labute approximate surface area is 70.9 Å². The molecule has 0 aromatic rings. The zero-order chi connectivity index (χ0) is 9.56. The summed E-state index contributed by atoms with van der Waals surface area (Å²) in [7, 11) is 0. The molecule has 0 aromatic carbocycles. The minimum Gasteiger partial charge on any atom is -0.394 e. The molecule has 0 aliphatic rings. The van der Waals surface area contributed by atoms with Gasteiger partial charge in [0.2, 0.25) is 11.8 Å². The van der Waals surface area contributed by atoms with E-state index in [1.165, 1.54) is 6.92 Å². The molecule has 0 saturated carbocycles. The SMILES string of the molecule is CC(=O)NC(CO)CCC(N)=O. The number of carbonyl (C=O) groups excluding carboxylic acids is 2. The Morgan fingerprint density at radius 3 is 2.50 bits per heavy atom. The predicted molar refractivity (Wildman–Crippen MR) is 43.1 cm³/mol. The third-order valence-electron chi connectivity index (χ3n) is 1.37. The lowest BCUT2D eigenvalue weighted by Gasteiger charge is -2.13. The molecule has 5 nitrogen and oxygen atoms in total. The van der Waals surface area contributed by atoms with E-state index < -0.39 is 5.91 Å². The Kier molecular flexibility index (Phi) is 5.03. The Bertz CT molecular complexity index is 170. The van der Waals surface area contributed by atoms with E-state index in [1.807, 2.05) is 0 Å². The average Bonchev–Trinajstić information content (AvgIpc) is 1.97.